The van der Waals surface area contributed by atoms with E-state index in [4.69, 9.17) is 9.47 Å². The van der Waals surface area contributed by atoms with Crippen LogP contribution in [0.4, 0.5) is 0 Å². The molecule has 1 aromatic carbocycles. The summed E-state index contributed by atoms with van der Waals surface area (Å²) >= 11 is 0. The molecule has 6 nitrogen and oxygen atoms in total. The van der Waals surface area contributed by atoms with Gasteiger partial charge < -0.3 is 9.47 Å². The van der Waals surface area contributed by atoms with Gasteiger partial charge in [0, 0.05) is 11.4 Å². The van der Waals surface area contributed by atoms with Crippen molar-refractivity contribution in [1.82, 2.24) is 4.68 Å². The summed E-state index contributed by atoms with van der Waals surface area (Å²) < 4.78 is 12.4. The molecule has 25 heavy (non-hydrogen) atoms. The number of ether oxygens (including phenoxy) is 2. The van der Waals surface area contributed by atoms with Crippen LogP contribution >= 0.6 is 0 Å². The summed E-state index contributed by atoms with van der Waals surface area (Å²) in [5.41, 5.74) is 5.15. The van der Waals surface area contributed by atoms with E-state index in [2.05, 4.69) is 5.43 Å². The summed E-state index contributed by atoms with van der Waals surface area (Å²) in [5.74, 6) is 0.687. The molecule has 2 rings (SSSR count). The van der Waals surface area contributed by atoms with Gasteiger partial charge in [-0.15, -0.1) is 0 Å². The molecule has 130 valence electrons. The minimum absolute atomic E-state index is 0.00119. The van der Waals surface area contributed by atoms with Crippen molar-refractivity contribution in [2.24, 2.45) is 0 Å². The lowest BCUT2D eigenvalue weighted by atomic mass is 10.1. The first kappa shape index (κ1) is 18.1. The van der Waals surface area contributed by atoms with Crippen LogP contribution in [0.25, 0.3) is 6.08 Å². The summed E-state index contributed by atoms with van der Waals surface area (Å²) in [6, 6.07) is 11.0. The number of nitrogens with zero attached hydrogens (tertiary/aromatic N) is 2. The fourth-order valence-electron chi connectivity index (χ4n) is 2.37. The monoisotopic (exact) mass is 339 g/mol. The molecule has 0 saturated carbocycles. The predicted octanol–water partition coefficient (Wildman–Crippen LogP) is 3.19. The van der Waals surface area contributed by atoms with Crippen LogP contribution in [0.5, 0.6) is 11.5 Å². The normalized spacial score (nSPS) is 10.9. The zero-order valence-corrected chi connectivity index (χ0v) is 14.8. The molecule has 0 spiro atoms. The number of benzene rings is 1. The van der Waals surface area contributed by atoms with Crippen LogP contribution in [0.2, 0.25) is 0 Å². The Morgan fingerprint density at radius 1 is 1.24 bits per heavy atom. The molecule has 0 atom stereocenters. The average Bonchev–Trinajstić information content (AvgIpc) is 2.92. The van der Waals surface area contributed by atoms with Gasteiger partial charge in [0.2, 0.25) is 0 Å². The van der Waals surface area contributed by atoms with Gasteiger partial charge in [-0.25, -0.2) is 0 Å². The van der Waals surface area contributed by atoms with E-state index in [1.807, 2.05) is 39.0 Å². The lowest BCUT2D eigenvalue weighted by Crippen LogP contribution is -2.25. The van der Waals surface area contributed by atoms with E-state index < -0.39 is 5.91 Å². The highest BCUT2D eigenvalue weighted by Crippen LogP contribution is 2.28. The van der Waals surface area contributed by atoms with Crippen molar-refractivity contribution in [2.45, 2.75) is 20.8 Å². The Morgan fingerprint density at radius 3 is 2.48 bits per heavy atom. The highest BCUT2D eigenvalue weighted by Gasteiger charge is 2.12. The first-order valence-electron chi connectivity index (χ1n) is 7.89. The van der Waals surface area contributed by atoms with Gasteiger partial charge in [0.05, 0.1) is 13.7 Å². The number of aromatic nitrogens is 1. The molecule has 1 heterocycles. The van der Waals surface area contributed by atoms with Gasteiger partial charge in [-0.05, 0) is 56.7 Å². The zero-order valence-electron chi connectivity index (χ0n) is 14.8. The Hall–Kier alpha value is -3.20. The maximum atomic E-state index is 12.4. The number of nitrogens with one attached hydrogen (secondary N) is 1. The summed E-state index contributed by atoms with van der Waals surface area (Å²) in [6.45, 7) is 6.16. The standard InChI is InChI=1S/C19H21N3O3/c1-5-25-17-9-8-15(11-18(17)24-4)10-16(12-20)19(23)21-22-13(2)6-7-14(22)3/h6-11H,5H2,1-4H3,(H,21,23)/b16-10-. The Bertz CT molecular complexity index is 825. The molecule has 2 aromatic rings. The highest BCUT2D eigenvalue weighted by molar-refractivity contribution is 6.06. The van der Waals surface area contributed by atoms with Crippen LogP contribution in [-0.2, 0) is 4.79 Å². The van der Waals surface area contributed by atoms with Crippen LogP contribution in [-0.4, -0.2) is 24.3 Å². The van der Waals surface area contributed by atoms with Gasteiger partial charge >= 0.3 is 0 Å². The van der Waals surface area contributed by atoms with Gasteiger partial charge in [-0.3, -0.25) is 14.9 Å². The first-order chi connectivity index (χ1) is 12.0. The minimum atomic E-state index is -0.474. The van der Waals surface area contributed by atoms with E-state index in [-0.39, 0.29) is 5.57 Å². The lowest BCUT2D eigenvalue weighted by Gasteiger charge is -2.11. The molecule has 0 aliphatic rings. The number of rotatable bonds is 6. The van der Waals surface area contributed by atoms with Gasteiger partial charge in [0.25, 0.3) is 5.91 Å². The van der Waals surface area contributed by atoms with Crippen molar-refractivity contribution in [2.75, 3.05) is 19.1 Å². The average molecular weight is 339 g/mol. The van der Waals surface area contributed by atoms with E-state index in [0.717, 1.165) is 11.4 Å². The van der Waals surface area contributed by atoms with E-state index >= 15 is 0 Å². The van der Waals surface area contributed by atoms with Crippen molar-refractivity contribution in [3.8, 4) is 17.6 Å². The lowest BCUT2D eigenvalue weighted by molar-refractivity contribution is -0.113. The Kier molecular flexibility index (Phi) is 5.85. The number of methoxy groups -OCH3 is 1. The topological polar surface area (TPSA) is 76.3 Å². The second kappa shape index (κ2) is 8.06. The molecule has 0 bridgehead atoms. The highest BCUT2D eigenvalue weighted by atomic mass is 16.5. The summed E-state index contributed by atoms with van der Waals surface area (Å²) in [7, 11) is 1.54. The van der Waals surface area contributed by atoms with Crippen LogP contribution < -0.4 is 14.9 Å². The maximum Gasteiger partial charge on any atom is 0.280 e. The van der Waals surface area contributed by atoms with Gasteiger partial charge in [-0.1, -0.05) is 6.07 Å². The largest absolute Gasteiger partial charge is 0.493 e. The molecule has 1 N–H and O–H groups in total. The molecule has 6 heteroatoms. The molecule has 0 fully saturated rings. The fourth-order valence-corrected chi connectivity index (χ4v) is 2.37. The summed E-state index contributed by atoms with van der Waals surface area (Å²) in [6.07, 6.45) is 1.52. The number of aryl methyl sites for hydroxylation is 2. The van der Waals surface area contributed by atoms with Gasteiger partial charge in [0.15, 0.2) is 11.5 Å². The van der Waals surface area contributed by atoms with Crippen molar-refractivity contribution < 1.29 is 14.3 Å². The Balaban J connectivity index is 2.28. The van der Waals surface area contributed by atoms with Crippen molar-refractivity contribution in [3.63, 3.8) is 0 Å². The van der Waals surface area contributed by atoms with E-state index in [1.54, 1.807) is 30.0 Å². The Labute approximate surface area is 147 Å². The predicted molar refractivity (Wildman–Crippen MR) is 96.0 cm³/mol. The number of amides is 1. The molecule has 0 saturated heterocycles. The molecule has 0 aliphatic carbocycles. The number of nitriles is 1. The SMILES string of the molecule is CCOc1ccc(/C=C(/C#N)C(=O)Nn2c(C)ccc2C)cc1OC. The van der Waals surface area contributed by atoms with E-state index in [1.165, 1.54) is 6.08 Å². The van der Waals surface area contributed by atoms with Crippen molar-refractivity contribution in [1.29, 1.82) is 5.26 Å². The maximum absolute atomic E-state index is 12.4. The van der Waals surface area contributed by atoms with E-state index in [9.17, 15) is 10.1 Å². The smallest absolute Gasteiger partial charge is 0.280 e. The molecular formula is C19H21N3O3. The van der Waals surface area contributed by atoms with Crippen LogP contribution in [0, 0.1) is 25.2 Å². The van der Waals surface area contributed by atoms with Crippen molar-refractivity contribution in [3.05, 3.63) is 52.9 Å². The van der Waals surface area contributed by atoms with Gasteiger partial charge in [-0.2, -0.15) is 5.26 Å². The van der Waals surface area contributed by atoms with Crippen LogP contribution in [0.1, 0.15) is 23.9 Å². The third-order valence-corrected chi connectivity index (χ3v) is 3.65. The number of carbonyl (C=O) groups is 1. The van der Waals surface area contributed by atoms with E-state index in [0.29, 0.717) is 23.7 Å². The second-order valence-electron chi connectivity index (χ2n) is 5.41. The van der Waals surface area contributed by atoms with Crippen LogP contribution in [0.15, 0.2) is 35.9 Å². The third kappa shape index (κ3) is 4.21. The van der Waals surface area contributed by atoms with Crippen LogP contribution in [0.3, 0.4) is 0 Å². The molecule has 1 aromatic heterocycles. The molecular weight excluding hydrogens is 318 g/mol. The molecule has 0 aliphatic heterocycles. The second-order valence-corrected chi connectivity index (χ2v) is 5.41. The summed E-state index contributed by atoms with van der Waals surface area (Å²) in [5, 5.41) is 9.35. The first-order valence-corrected chi connectivity index (χ1v) is 7.89. The third-order valence-electron chi connectivity index (χ3n) is 3.65. The number of hydrogen-bond acceptors (Lipinski definition) is 4. The quantitative estimate of drug-likeness (QED) is 0.648. The summed E-state index contributed by atoms with van der Waals surface area (Å²) in [4.78, 5) is 12.4. The Morgan fingerprint density at radius 2 is 1.92 bits per heavy atom. The molecule has 0 radical (unpaired) electrons. The van der Waals surface area contributed by atoms with Gasteiger partial charge in [0.1, 0.15) is 11.6 Å². The van der Waals surface area contributed by atoms with Crippen molar-refractivity contribution >= 4 is 12.0 Å². The minimum Gasteiger partial charge on any atom is -0.493 e. The molecule has 1 amide bonds. The zero-order chi connectivity index (χ0) is 18.4. The fraction of sp³-hybridized carbons (Fsp3) is 0.263. The molecule has 0 unspecified atom stereocenters. The number of hydrogen-bond donors (Lipinski definition) is 1. The number of carbonyl (C=O) groups excluding carboxylic acids is 1.